The number of hydrogen-bond donors (Lipinski definition) is 0. The minimum absolute atomic E-state index is 0.161. The fourth-order valence-corrected chi connectivity index (χ4v) is 3.07. The second-order valence-electron chi connectivity index (χ2n) is 5.82. The number of halogens is 1. The number of rotatable bonds is 2. The summed E-state index contributed by atoms with van der Waals surface area (Å²) in [7, 11) is 0. The number of ether oxygens (including phenoxy) is 2. The molecule has 126 valence electrons. The summed E-state index contributed by atoms with van der Waals surface area (Å²) >= 11 is 0. The molecule has 4 rings (SSSR count). The predicted octanol–water partition coefficient (Wildman–Crippen LogP) is 1.42. The molecule has 0 bridgehead atoms. The molecule has 2 aliphatic rings. The van der Waals surface area contributed by atoms with Crippen LogP contribution in [0, 0.1) is 12.7 Å². The highest BCUT2D eigenvalue weighted by molar-refractivity contribution is 5.83. The van der Waals surface area contributed by atoms with E-state index in [1.807, 2.05) is 0 Å². The molecule has 1 amide bonds. The summed E-state index contributed by atoms with van der Waals surface area (Å²) in [5, 5.41) is 7.80. The van der Waals surface area contributed by atoms with Crippen LogP contribution in [-0.4, -0.2) is 46.9 Å². The summed E-state index contributed by atoms with van der Waals surface area (Å²) in [5.41, 5.74) is 0.701. The number of aromatic nitrogens is 2. The summed E-state index contributed by atoms with van der Waals surface area (Å²) in [6.07, 6.45) is -0.402. The standard InChI is InChI=1S/C16H16FN3O4/c1-9-18-19-15(23-9)12-8-22-6-5-20(12)16(21)13-7-10-3-2-4-11(17)14(10)24-13/h2-4,12-13H,5-8H2,1H3. The second kappa shape index (κ2) is 5.86. The molecule has 1 saturated heterocycles. The van der Waals surface area contributed by atoms with Gasteiger partial charge in [-0.25, -0.2) is 4.39 Å². The van der Waals surface area contributed by atoms with Crippen molar-refractivity contribution in [3.63, 3.8) is 0 Å². The number of aryl methyl sites for hydroxylation is 1. The highest BCUT2D eigenvalue weighted by Gasteiger charge is 2.39. The quantitative estimate of drug-likeness (QED) is 0.827. The second-order valence-corrected chi connectivity index (χ2v) is 5.82. The van der Waals surface area contributed by atoms with Crippen molar-refractivity contribution in [1.29, 1.82) is 0 Å². The molecule has 0 N–H and O–H groups in total. The minimum atomic E-state index is -0.749. The predicted molar refractivity (Wildman–Crippen MR) is 78.8 cm³/mol. The molecule has 2 aromatic rings. The lowest BCUT2D eigenvalue weighted by Crippen LogP contribution is -2.49. The first-order chi connectivity index (χ1) is 11.6. The lowest BCUT2D eigenvalue weighted by atomic mass is 10.1. The van der Waals surface area contributed by atoms with Crippen molar-refractivity contribution in [2.45, 2.75) is 25.5 Å². The van der Waals surface area contributed by atoms with Crippen LogP contribution in [0.2, 0.25) is 0 Å². The van der Waals surface area contributed by atoms with Crippen LogP contribution < -0.4 is 4.74 Å². The van der Waals surface area contributed by atoms with Crippen LogP contribution in [0.25, 0.3) is 0 Å². The van der Waals surface area contributed by atoms with Gasteiger partial charge in [0.25, 0.3) is 5.91 Å². The van der Waals surface area contributed by atoms with Gasteiger partial charge in [-0.15, -0.1) is 10.2 Å². The fourth-order valence-electron chi connectivity index (χ4n) is 3.07. The Morgan fingerprint density at radius 1 is 1.38 bits per heavy atom. The number of hydrogen-bond acceptors (Lipinski definition) is 6. The van der Waals surface area contributed by atoms with Gasteiger partial charge in [-0.2, -0.15) is 0 Å². The van der Waals surface area contributed by atoms with Crippen molar-refractivity contribution in [1.82, 2.24) is 15.1 Å². The molecular formula is C16H16FN3O4. The molecule has 2 atom stereocenters. The van der Waals surface area contributed by atoms with Crippen LogP contribution >= 0.6 is 0 Å². The van der Waals surface area contributed by atoms with E-state index < -0.39 is 18.0 Å². The Hall–Kier alpha value is -2.48. The topological polar surface area (TPSA) is 77.7 Å². The SMILES string of the molecule is Cc1nnc(C2COCCN2C(=O)C2Cc3cccc(F)c3O2)o1. The van der Waals surface area contributed by atoms with E-state index in [-0.39, 0.29) is 18.3 Å². The van der Waals surface area contributed by atoms with Gasteiger partial charge in [0.2, 0.25) is 11.8 Å². The van der Waals surface area contributed by atoms with Gasteiger partial charge < -0.3 is 18.8 Å². The van der Waals surface area contributed by atoms with Crippen molar-refractivity contribution in [3.05, 3.63) is 41.4 Å². The number of para-hydroxylation sites is 1. The largest absolute Gasteiger partial charge is 0.477 e. The van der Waals surface area contributed by atoms with Crippen LogP contribution in [0.5, 0.6) is 5.75 Å². The van der Waals surface area contributed by atoms with Gasteiger partial charge in [-0.1, -0.05) is 12.1 Å². The Kier molecular flexibility index (Phi) is 3.68. The molecule has 1 fully saturated rings. The third-order valence-electron chi connectivity index (χ3n) is 4.23. The molecule has 8 heteroatoms. The molecule has 0 spiro atoms. The van der Waals surface area contributed by atoms with E-state index in [9.17, 15) is 9.18 Å². The third-order valence-corrected chi connectivity index (χ3v) is 4.23. The lowest BCUT2D eigenvalue weighted by Gasteiger charge is -2.34. The summed E-state index contributed by atoms with van der Waals surface area (Å²) in [6.45, 7) is 2.78. The van der Waals surface area contributed by atoms with E-state index in [1.54, 1.807) is 24.0 Å². The number of fused-ring (bicyclic) bond motifs is 1. The molecule has 1 aromatic carbocycles. The first-order valence-electron chi connectivity index (χ1n) is 7.76. The number of carbonyl (C=O) groups is 1. The van der Waals surface area contributed by atoms with Crippen molar-refractivity contribution >= 4 is 5.91 Å². The molecule has 0 aliphatic carbocycles. The maximum Gasteiger partial charge on any atom is 0.264 e. The van der Waals surface area contributed by atoms with Crippen molar-refractivity contribution in [3.8, 4) is 5.75 Å². The van der Waals surface area contributed by atoms with Crippen LogP contribution in [-0.2, 0) is 16.0 Å². The number of nitrogens with zero attached hydrogens (tertiary/aromatic N) is 3. The zero-order valence-corrected chi connectivity index (χ0v) is 13.1. The number of carbonyl (C=O) groups excluding carboxylic acids is 1. The molecule has 2 unspecified atom stereocenters. The number of morpholine rings is 1. The smallest absolute Gasteiger partial charge is 0.264 e. The normalized spacial score (nSPS) is 23.0. The van der Waals surface area contributed by atoms with E-state index in [2.05, 4.69) is 10.2 Å². The molecule has 3 heterocycles. The molecule has 2 aliphatic heterocycles. The Balaban J connectivity index is 1.56. The van der Waals surface area contributed by atoms with E-state index in [0.29, 0.717) is 36.9 Å². The zero-order chi connectivity index (χ0) is 16.7. The van der Waals surface area contributed by atoms with Gasteiger partial charge in [-0.05, 0) is 6.07 Å². The molecule has 7 nitrogen and oxygen atoms in total. The van der Waals surface area contributed by atoms with Crippen LogP contribution in [0.15, 0.2) is 22.6 Å². The molecule has 24 heavy (non-hydrogen) atoms. The van der Waals surface area contributed by atoms with Crippen LogP contribution in [0.1, 0.15) is 23.4 Å². The van der Waals surface area contributed by atoms with E-state index in [0.717, 1.165) is 0 Å². The van der Waals surface area contributed by atoms with Gasteiger partial charge >= 0.3 is 0 Å². The summed E-state index contributed by atoms with van der Waals surface area (Å²) < 4.78 is 30.3. The van der Waals surface area contributed by atoms with Gasteiger partial charge in [0.1, 0.15) is 6.04 Å². The lowest BCUT2D eigenvalue weighted by molar-refractivity contribution is -0.148. The zero-order valence-electron chi connectivity index (χ0n) is 13.1. The van der Waals surface area contributed by atoms with E-state index in [4.69, 9.17) is 13.9 Å². The van der Waals surface area contributed by atoms with Crippen molar-refractivity contribution in [2.75, 3.05) is 19.8 Å². The molecular weight excluding hydrogens is 317 g/mol. The third kappa shape index (κ3) is 2.52. The Morgan fingerprint density at radius 2 is 2.25 bits per heavy atom. The van der Waals surface area contributed by atoms with Crippen LogP contribution in [0.3, 0.4) is 0 Å². The average Bonchev–Trinajstić information content (AvgIpc) is 3.21. The number of amides is 1. The number of benzene rings is 1. The van der Waals surface area contributed by atoms with Crippen molar-refractivity contribution < 1.29 is 23.1 Å². The monoisotopic (exact) mass is 333 g/mol. The highest BCUT2D eigenvalue weighted by atomic mass is 19.1. The summed E-state index contributed by atoms with van der Waals surface area (Å²) in [6, 6.07) is 4.25. The summed E-state index contributed by atoms with van der Waals surface area (Å²) in [4.78, 5) is 14.5. The summed E-state index contributed by atoms with van der Waals surface area (Å²) in [5.74, 6) is 0.245. The van der Waals surface area contributed by atoms with E-state index in [1.165, 1.54) is 6.07 Å². The van der Waals surface area contributed by atoms with Gasteiger partial charge in [0.15, 0.2) is 17.7 Å². The Morgan fingerprint density at radius 3 is 3.00 bits per heavy atom. The van der Waals surface area contributed by atoms with Crippen LogP contribution in [0.4, 0.5) is 4.39 Å². The molecule has 0 saturated carbocycles. The molecule has 1 aromatic heterocycles. The van der Waals surface area contributed by atoms with Crippen molar-refractivity contribution in [2.24, 2.45) is 0 Å². The minimum Gasteiger partial charge on any atom is -0.477 e. The van der Waals surface area contributed by atoms with Gasteiger partial charge in [-0.3, -0.25) is 4.79 Å². The first-order valence-corrected chi connectivity index (χ1v) is 7.76. The maximum atomic E-state index is 13.8. The average molecular weight is 333 g/mol. The van der Waals surface area contributed by atoms with E-state index >= 15 is 0 Å². The van der Waals surface area contributed by atoms with Gasteiger partial charge in [0, 0.05) is 25.5 Å². The van der Waals surface area contributed by atoms with Gasteiger partial charge in [0.05, 0.1) is 13.2 Å². The highest BCUT2D eigenvalue weighted by Crippen LogP contribution is 2.33. The first kappa shape index (κ1) is 15.1. The fraction of sp³-hybridized carbons (Fsp3) is 0.438. The molecule has 0 radical (unpaired) electrons. The Bertz CT molecular complexity index is 778. The Labute approximate surface area is 137 Å². The maximum absolute atomic E-state index is 13.8.